The maximum absolute atomic E-state index is 11.5. The van der Waals surface area contributed by atoms with Gasteiger partial charge in [-0.2, -0.15) is 0 Å². The Morgan fingerprint density at radius 2 is 1.47 bits per heavy atom. The predicted molar refractivity (Wildman–Crippen MR) is 53.4 cm³/mol. The molecular weight excluding hydrogens is 194 g/mol. The third-order valence-corrected chi connectivity index (χ3v) is 4.88. The number of nitrogens with two attached hydrogens (primary N) is 1. The first kappa shape index (κ1) is 12.0. The summed E-state index contributed by atoms with van der Waals surface area (Å²) in [4.78, 5) is 22.6. The van der Waals surface area contributed by atoms with Crippen LogP contribution in [0.25, 0.3) is 0 Å². The number of hydrogen-bond acceptors (Lipinski definition) is 3. The minimum absolute atomic E-state index is 0.432. The molecule has 0 bridgehead atoms. The quantitative estimate of drug-likeness (QED) is 0.702. The van der Waals surface area contributed by atoms with Crippen molar-refractivity contribution < 1.29 is 14.7 Å². The van der Waals surface area contributed by atoms with Crippen LogP contribution in [0.1, 0.15) is 40.5 Å². The Hall–Kier alpha value is -1.06. The van der Waals surface area contributed by atoms with Crippen molar-refractivity contribution in [1.29, 1.82) is 0 Å². The van der Waals surface area contributed by atoms with Gasteiger partial charge in [-0.3, -0.25) is 4.79 Å². The molecule has 0 saturated heterocycles. The Balaban J connectivity index is 3.26. The number of primary amides is 1. The highest BCUT2D eigenvalue weighted by atomic mass is 16.4. The molecule has 0 aromatic heterocycles. The maximum atomic E-state index is 11.5. The Morgan fingerprint density at radius 3 is 1.67 bits per heavy atom. The zero-order valence-electron chi connectivity index (χ0n) is 9.72. The van der Waals surface area contributed by atoms with Gasteiger partial charge in [-0.1, -0.05) is 27.7 Å². The van der Waals surface area contributed by atoms with Crippen LogP contribution in [0.3, 0.4) is 0 Å². The molecule has 0 radical (unpaired) electrons. The fourth-order valence-corrected chi connectivity index (χ4v) is 2.52. The Labute approximate surface area is 89.8 Å². The summed E-state index contributed by atoms with van der Waals surface area (Å²) in [5.41, 5.74) is 2.92. The van der Waals surface area contributed by atoms with E-state index in [1.165, 1.54) is 0 Å². The molecule has 86 valence electrons. The minimum Gasteiger partial charge on any atom is -0.550 e. The fraction of sp³-hybridized carbons (Fsp3) is 0.818. The van der Waals surface area contributed by atoms with E-state index in [-0.39, 0.29) is 0 Å². The molecule has 1 aliphatic rings. The number of carboxylic acids is 1. The van der Waals surface area contributed by atoms with E-state index in [2.05, 4.69) is 0 Å². The van der Waals surface area contributed by atoms with Crippen LogP contribution < -0.4 is 10.8 Å². The lowest BCUT2D eigenvalue weighted by atomic mass is 9.59. The molecule has 2 N–H and O–H groups in total. The summed E-state index contributed by atoms with van der Waals surface area (Å²) in [5, 5.41) is 11.2. The largest absolute Gasteiger partial charge is 0.550 e. The normalized spacial score (nSPS) is 38.9. The van der Waals surface area contributed by atoms with Crippen LogP contribution >= 0.6 is 0 Å². The predicted octanol–water partition coefficient (Wildman–Crippen LogP) is 0.0542. The molecule has 1 saturated carbocycles. The molecule has 0 aromatic rings. The fourth-order valence-electron chi connectivity index (χ4n) is 2.52. The van der Waals surface area contributed by atoms with Crippen LogP contribution in [-0.2, 0) is 9.59 Å². The average Bonchev–Trinajstić information content (AvgIpc) is 2.28. The van der Waals surface area contributed by atoms with Crippen molar-refractivity contribution in [2.24, 2.45) is 22.0 Å². The lowest BCUT2D eigenvalue weighted by molar-refractivity contribution is -0.323. The summed E-state index contributed by atoms with van der Waals surface area (Å²) in [5.74, 6) is -1.53. The van der Waals surface area contributed by atoms with E-state index in [4.69, 9.17) is 5.73 Å². The molecule has 15 heavy (non-hydrogen) atoms. The molecule has 1 fully saturated rings. The highest BCUT2D eigenvalue weighted by Crippen LogP contribution is 2.62. The second-order valence-electron chi connectivity index (χ2n) is 5.44. The number of aliphatic carboxylic acids is 1. The SMILES string of the molecule is CC1(C)[C@](C)(C(N)=O)CC[C@]1(C)C(=O)[O-]. The van der Waals surface area contributed by atoms with Crippen LogP contribution in [0, 0.1) is 16.2 Å². The van der Waals surface area contributed by atoms with Gasteiger partial charge in [-0.25, -0.2) is 0 Å². The van der Waals surface area contributed by atoms with Crippen molar-refractivity contribution in [2.75, 3.05) is 0 Å². The average molecular weight is 212 g/mol. The maximum Gasteiger partial charge on any atom is 0.223 e. The van der Waals surface area contributed by atoms with Gasteiger partial charge in [0.05, 0.1) is 5.41 Å². The monoisotopic (exact) mass is 212 g/mol. The Kier molecular flexibility index (Phi) is 2.38. The van der Waals surface area contributed by atoms with Crippen molar-refractivity contribution in [3.8, 4) is 0 Å². The smallest absolute Gasteiger partial charge is 0.223 e. The van der Waals surface area contributed by atoms with E-state index < -0.39 is 28.1 Å². The summed E-state index contributed by atoms with van der Waals surface area (Å²) in [6, 6.07) is 0. The summed E-state index contributed by atoms with van der Waals surface area (Å²) < 4.78 is 0. The van der Waals surface area contributed by atoms with Gasteiger partial charge in [-0.05, 0) is 18.3 Å². The third kappa shape index (κ3) is 1.20. The summed E-state index contributed by atoms with van der Waals surface area (Å²) >= 11 is 0. The van der Waals surface area contributed by atoms with Gasteiger partial charge >= 0.3 is 0 Å². The zero-order valence-corrected chi connectivity index (χ0v) is 9.72. The molecular formula is C11H18NO3-. The van der Waals surface area contributed by atoms with Gasteiger partial charge in [0.1, 0.15) is 0 Å². The number of carboxylic acid groups (broad SMARTS) is 1. The first-order valence-corrected chi connectivity index (χ1v) is 5.11. The second kappa shape index (κ2) is 2.97. The van der Waals surface area contributed by atoms with Gasteiger partial charge in [0.25, 0.3) is 0 Å². The van der Waals surface area contributed by atoms with Gasteiger partial charge in [0.2, 0.25) is 5.91 Å². The van der Waals surface area contributed by atoms with Gasteiger partial charge < -0.3 is 15.6 Å². The summed E-state index contributed by atoms with van der Waals surface area (Å²) in [6.45, 7) is 6.93. The van der Waals surface area contributed by atoms with Crippen LogP contribution in [0.5, 0.6) is 0 Å². The standard InChI is InChI=1S/C11H19NO3/c1-9(2)10(3,7(12)13)5-6-11(9,4)8(14)15/h5-6H2,1-4H3,(H2,12,13)(H,14,15)/p-1/t10-,11+/m0/s1. The van der Waals surface area contributed by atoms with E-state index in [1.807, 2.05) is 0 Å². The summed E-state index contributed by atoms with van der Waals surface area (Å²) in [7, 11) is 0. The highest BCUT2D eigenvalue weighted by molar-refractivity contribution is 5.85. The number of carbonyl (C=O) groups is 2. The topological polar surface area (TPSA) is 83.2 Å². The third-order valence-electron chi connectivity index (χ3n) is 4.88. The molecule has 2 atom stereocenters. The van der Waals surface area contributed by atoms with Gasteiger partial charge in [0, 0.05) is 11.4 Å². The molecule has 0 spiro atoms. The molecule has 4 nitrogen and oxygen atoms in total. The number of rotatable bonds is 2. The van der Waals surface area contributed by atoms with E-state index >= 15 is 0 Å². The van der Waals surface area contributed by atoms with Crippen molar-refractivity contribution in [2.45, 2.75) is 40.5 Å². The second-order valence-corrected chi connectivity index (χ2v) is 5.44. The number of amides is 1. The first-order valence-electron chi connectivity index (χ1n) is 5.11. The number of carbonyl (C=O) groups excluding carboxylic acids is 2. The molecule has 0 heterocycles. The van der Waals surface area contributed by atoms with Crippen molar-refractivity contribution >= 4 is 11.9 Å². The van der Waals surface area contributed by atoms with E-state index in [9.17, 15) is 14.7 Å². The van der Waals surface area contributed by atoms with Crippen molar-refractivity contribution in [1.82, 2.24) is 0 Å². The molecule has 1 aliphatic carbocycles. The molecule has 4 heteroatoms. The van der Waals surface area contributed by atoms with Crippen molar-refractivity contribution in [3.63, 3.8) is 0 Å². The zero-order chi connectivity index (χ0) is 12.1. The molecule has 1 rings (SSSR count). The van der Waals surface area contributed by atoms with Crippen LogP contribution in [-0.4, -0.2) is 11.9 Å². The lowest BCUT2D eigenvalue weighted by Gasteiger charge is -2.46. The van der Waals surface area contributed by atoms with Gasteiger partial charge in [-0.15, -0.1) is 0 Å². The molecule has 1 amide bonds. The van der Waals surface area contributed by atoms with Crippen LogP contribution in [0.2, 0.25) is 0 Å². The Morgan fingerprint density at radius 1 is 1.07 bits per heavy atom. The van der Waals surface area contributed by atoms with Crippen LogP contribution in [0.4, 0.5) is 0 Å². The van der Waals surface area contributed by atoms with Gasteiger partial charge in [0.15, 0.2) is 0 Å². The minimum atomic E-state index is -1.10. The Bertz CT molecular complexity index is 294. The van der Waals surface area contributed by atoms with E-state index in [1.54, 1.807) is 27.7 Å². The first-order chi connectivity index (χ1) is 6.59. The van der Waals surface area contributed by atoms with Crippen molar-refractivity contribution in [3.05, 3.63) is 0 Å². The van der Waals surface area contributed by atoms with Crippen LogP contribution in [0.15, 0.2) is 0 Å². The molecule has 0 unspecified atom stereocenters. The molecule has 0 aliphatic heterocycles. The summed E-state index contributed by atoms with van der Waals surface area (Å²) in [6.07, 6.45) is 0.932. The highest BCUT2D eigenvalue weighted by Gasteiger charge is 2.61. The lowest BCUT2D eigenvalue weighted by Crippen LogP contribution is -2.53. The van der Waals surface area contributed by atoms with E-state index in [0.717, 1.165) is 0 Å². The van der Waals surface area contributed by atoms with E-state index in [0.29, 0.717) is 12.8 Å². The number of hydrogen-bond donors (Lipinski definition) is 1. The molecule has 0 aromatic carbocycles.